The summed E-state index contributed by atoms with van der Waals surface area (Å²) in [5, 5.41) is 3.05. The molecule has 0 bridgehead atoms. The Kier molecular flexibility index (Phi) is 4.19. The van der Waals surface area contributed by atoms with E-state index in [0.717, 1.165) is 24.9 Å². The van der Waals surface area contributed by atoms with Crippen molar-refractivity contribution in [2.45, 2.75) is 51.9 Å². The number of hydrogen-bond acceptors (Lipinski definition) is 1. The van der Waals surface area contributed by atoms with E-state index in [0.29, 0.717) is 12.3 Å². The molecule has 0 saturated heterocycles. The zero-order chi connectivity index (χ0) is 14.0. The fourth-order valence-electron chi connectivity index (χ4n) is 2.82. The molecule has 1 aliphatic heterocycles. The number of halogens is 1. The summed E-state index contributed by atoms with van der Waals surface area (Å²) in [4.78, 5) is 11.8. The highest BCUT2D eigenvalue weighted by molar-refractivity contribution is 6.17. The summed E-state index contributed by atoms with van der Waals surface area (Å²) < 4.78 is 0. The number of carbonyl (C=O) groups is 1. The molecule has 0 saturated carbocycles. The SMILES string of the molecule is CCc1cc(CCCCl)cc2c1NC(=O)CC2(C)C. The second kappa shape index (κ2) is 5.54. The van der Waals surface area contributed by atoms with Crippen molar-refractivity contribution in [2.75, 3.05) is 11.2 Å². The molecule has 104 valence electrons. The number of carbonyl (C=O) groups excluding carboxylic acids is 1. The smallest absolute Gasteiger partial charge is 0.225 e. The molecule has 1 amide bonds. The molecule has 2 rings (SSSR count). The third-order valence-electron chi connectivity index (χ3n) is 3.86. The van der Waals surface area contributed by atoms with Gasteiger partial charge in [0.2, 0.25) is 5.91 Å². The van der Waals surface area contributed by atoms with Crippen molar-refractivity contribution >= 4 is 23.2 Å². The first-order valence-electron chi connectivity index (χ1n) is 7.00. The van der Waals surface area contributed by atoms with E-state index in [4.69, 9.17) is 11.6 Å². The second-order valence-corrected chi connectivity index (χ2v) is 6.31. The lowest BCUT2D eigenvalue weighted by Crippen LogP contribution is -2.33. The summed E-state index contributed by atoms with van der Waals surface area (Å²) in [6, 6.07) is 4.47. The number of nitrogens with one attached hydrogen (secondary N) is 1. The van der Waals surface area contributed by atoms with Gasteiger partial charge < -0.3 is 5.32 Å². The molecule has 1 aromatic carbocycles. The molecule has 0 spiro atoms. The van der Waals surface area contributed by atoms with Gasteiger partial charge in [-0.2, -0.15) is 0 Å². The van der Waals surface area contributed by atoms with Gasteiger partial charge in [-0.25, -0.2) is 0 Å². The second-order valence-electron chi connectivity index (χ2n) is 5.93. The molecule has 0 atom stereocenters. The van der Waals surface area contributed by atoms with E-state index >= 15 is 0 Å². The molecule has 19 heavy (non-hydrogen) atoms. The molecular weight excluding hydrogens is 258 g/mol. The van der Waals surface area contributed by atoms with Crippen LogP contribution in [0.4, 0.5) is 5.69 Å². The van der Waals surface area contributed by atoms with Crippen LogP contribution in [0.1, 0.15) is 50.3 Å². The first kappa shape index (κ1) is 14.4. The lowest BCUT2D eigenvalue weighted by molar-refractivity contribution is -0.117. The van der Waals surface area contributed by atoms with Gasteiger partial charge in [0, 0.05) is 23.4 Å². The molecule has 0 unspecified atom stereocenters. The molecule has 1 heterocycles. The topological polar surface area (TPSA) is 29.1 Å². The molecule has 2 nitrogen and oxygen atoms in total. The van der Waals surface area contributed by atoms with Crippen LogP contribution >= 0.6 is 11.6 Å². The van der Waals surface area contributed by atoms with Crippen LogP contribution < -0.4 is 5.32 Å². The van der Waals surface area contributed by atoms with E-state index in [2.05, 4.69) is 38.2 Å². The molecule has 1 N–H and O–H groups in total. The normalized spacial score (nSPS) is 16.9. The Morgan fingerprint density at radius 3 is 2.74 bits per heavy atom. The maximum Gasteiger partial charge on any atom is 0.225 e. The lowest BCUT2D eigenvalue weighted by atomic mass is 9.76. The van der Waals surface area contributed by atoms with E-state index in [1.807, 2.05) is 0 Å². The number of benzene rings is 1. The van der Waals surface area contributed by atoms with Crippen LogP contribution in [0.25, 0.3) is 0 Å². The number of fused-ring (bicyclic) bond motifs is 1. The number of amides is 1. The molecule has 1 aromatic rings. The van der Waals surface area contributed by atoms with Gasteiger partial charge in [-0.1, -0.05) is 32.9 Å². The van der Waals surface area contributed by atoms with E-state index in [1.165, 1.54) is 16.7 Å². The molecule has 0 aliphatic carbocycles. The zero-order valence-electron chi connectivity index (χ0n) is 12.0. The summed E-state index contributed by atoms with van der Waals surface area (Å²) in [5.41, 5.74) is 4.80. The molecule has 0 aromatic heterocycles. The molecule has 0 fully saturated rings. The summed E-state index contributed by atoms with van der Waals surface area (Å²) in [6.07, 6.45) is 3.50. The number of anilines is 1. The van der Waals surface area contributed by atoms with E-state index in [1.54, 1.807) is 0 Å². The summed E-state index contributed by atoms with van der Waals surface area (Å²) >= 11 is 5.79. The quantitative estimate of drug-likeness (QED) is 0.828. The van der Waals surface area contributed by atoms with Gasteiger partial charge in [-0.15, -0.1) is 11.6 Å². The van der Waals surface area contributed by atoms with Crippen molar-refractivity contribution in [3.8, 4) is 0 Å². The predicted octanol–water partition coefficient (Wildman–Crippen LogP) is 4.04. The van der Waals surface area contributed by atoms with Crippen molar-refractivity contribution in [1.29, 1.82) is 0 Å². The Morgan fingerprint density at radius 1 is 1.37 bits per heavy atom. The minimum atomic E-state index is -0.0848. The monoisotopic (exact) mass is 279 g/mol. The van der Waals surface area contributed by atoms with Gasteiger partial charge in [0.05, 0.1) is 0 Å². The van der Waals surface area contributed by atoms with Crippen molar-refractivity contribution < 1.29 is 4.79 Å². The van der Waals surface area contributed by atoms with Gasteiger partial charge in [0.1, 0.15) is 0 Å². The van der Waals surface area contributed by atoms with Crippen molar-refractivity contribution in [3.05, 3.63) is 28.8 Å². The number of alkyl halides is 1. The average molecular weight is 280 g/mol. The van der Waals surface area contributed by atoms with Crippen molar-refractivity contribution in [3.63, 3.8) is 0 Å². The minimum Gasteiger partial charge on any atom is -0.326 e. The average Bonchev–Trinajstić information content (AvgIpc) is 2.35. The summed E-state index contributed by atoms with van der Waals surface area (Å²) in [6.45, 7) is 6.43. The summed E-state index contributed by atoms with van der Waals surface area (Å²) in [5.74, 6) is 0.819. The van der Waals surface area contributed by atoms with Crippen LogP contribution in [0.5, 0.6) is 0 Å². The van der Waals surface area contributed by atoms with Gasteiger partial charge in [-0.05, 0) is 36.0 Å². The number of hydrogen-bond donors (Lipinski definition) is 1. The molecule has 3 heteroatoms. The highest BCUT2D eigenvalue weighted by Gasteiger charge is 2.33. The van der Waals surface area contributed by atoms with E-state index < -0.39 is 0 Å². The Balaban J connectivity index is 2.49. The highest BCUT2D eigenvalue weighted by atomic mass is 35.5. The fourth-order valence-corrected chi connectivity index (χ4v) is 2.96. The Morgan fingerprint density at radius 2 is 2.11 bits per heavy atom. The lowest BCUT2D eigenvalue weighted by Gasteiger charge is -2.34. The van der Waals surface area contributed by atoms with Crippen LogP contribution in [-0.2, 0) is 23.1 Å². The fraction of sp³-hybridized carbons (Fsp3) is 0.562. The Bertz CT molecular complexity index is 494. The molecular formula is C16H22ClNO. The third kappa shape index (κ3) is 2.94. The van der Waals surface area contributed by atoms with E-state index in [9.17, 15) is 4.79 Å². The van der Waals surface area contributed by atoms with Crippen molar-refractivity contribution in [2.24, 2.45) is 0 Å². The number of rotatable bonds is 4. The molecule has 0 radical (unpaired) electrons. The first-order valence-corrected chi connectivity index (χ1v) is 7.53. The number of aryl methyl sites for hydroxylation is 2. The van der Waals surface area contributed by atoms with E-state index in [-0.39, 0.29) is 11.3 Å². The zero-order valence-corrected chi connectivity index (χ0v) is 12.7. The standard InChI is InChI=1S/C16H22ClNO/c1-4-12-8-11(6-5-7-17)9-13-15(12)18-14(19)10-16(13,2)3/h8-9H,4-7,10H2,1-3H3,(H,18,19). The van der Waals surface area contributed by atoms with Crippen LogP contribution in [0.15, 0.2) is 12.1 Å². The van der Waals surface area contributed by atoms with Crippen LogP contribution in [-0.4, -0.2) is 11.8 Å². The Labute approximate surface area is 120 Å². The third-order valence-corrected chi connectivity index (χ3v) is 4.12. The summed E-state index contributed by atoms with van der Waals surface area (Å²) in [7, 11) is 0. The largest absolute Gasteiger partial charge is 0.326 e. The minimum absolute atomic E-state index is 0.0848. The maximum atomic E-state index is 11.8. The molecule has 1 aliphatic rings. The maximum absolute atomic E-state index is 11.8. The van der Waals surface area contributed by atoms with Gasteiger partial charge in [-0.3, -0.25) is 4.79 Å². The Hall–Kier alpha value is -1.02. The van der Waals surface area contributed by atoms with Crippen LogP contribution in [0.2, 0.25) is 0 Å². The predicted molar refractivity (Wildman–Crippen MR) is 81.1 cm³/mol. The van der Waals surface area contributed by atoms with Crippen molar-refractivity contribution in [1.82, 2.24) is 0 Å². The van der Waals surface area contributed by atoms with Crippen LogP contribution in [0.3, 0.4) is 0 Å². The highest BCUT2D eigenvalue weighted by Crippen LogP contribution is 2.40. The van der Waals surface area contributed by atoms with Gasteiger partial charge in [0.15, 0.2) is 0 Å². The van der Waals surface area contributed by atoms with Gasteiger partial charge in [0.25, 0.3) is 0 Å². The van der Waals surface area contributed by atoms with Gasteiger partial charge >= 0.3 is 0 Å². The van der Waals surface area contributed by atoms with Crippen LogP contribution in [0, 0.1) is 0 Å². The first-order chi connectivity index (χ1) is 8.97.